The van der Waals surface area contributed by atoms with Gasteiger partial charge in [-0.2, -0.15) is 0 Å². The first-order chi connectivity index (χ1) is 10.1. The molecular weight excluding hydrogens is 307 g/mol. The van der Waals surface area contributed by atoms with Crippen molar-refractivity contribution in [1.82, 2.24) is 0 Å². The summed E-state index contributed by atoms with van der Waals surface area (Å²) in [4.78, 5) is 12.7. The Morgan fingerprint density at radius 1 is 1.10 bits per heavy atom. The van der Waals surface area contributed by atoms with E-state index in [9.17, 15) is 4.79 Å². The van der Waals surface area contributed by atoms with Crippen molar-refractivity contribution in [3.63, 3.8) is 0 Å². The minimum Gasteiger partial charge on any atom is -0.369 e. The summed E-state index contributed by atoms with van der Waals surface area (Å²) in [6, 6.07) is 10.8. The Labute approximate surface area is 133 Å². The lowest BCUT2D eigenvalue weighted by Gasteiger charge is -2.28. The number of ether oxygens (including phenoxy) is 1. The highest BCUT2D eigenvalue weighted by Gasteiger charge is 2.34. The molecule has 0 amide bonds. The lowest BCUT2D eigenvalue weighted by molar-refractivity contribution is 0.0749. The first-order valence-corrected chi connectivity index (χ1v) is 7.63. The highest BCUT2D eigenvalue weighted by molar-refractivity contribution is 6.36. The first-order valence-electron chi connectivity index (χ1n) is 6.88. The molecule has 108 valence electrons. The van der Waals surface area contributed by atoms with Crippen LogP contribution < -0.4 is 0 Å². The van der Waals surface area contributed by atoms with Gasteiger partial charge in [-0.3, -0.25) is 4.79 Å². The number of rotatable bonds is 3. The van der Waals surface area contributed by atoms with E-state index in [0.29, 0.717) is 27.8 Å². The van der Waals surface area contributed by atoms with Crippen molar-refractivity contribution in [3.05, 3.63) is 68.7 Å². The van der Waals surface area contributed by atoms with E-state index in [-0.39, 0.29) is 11.9 Å². The normalized spacial score (nSPS) is 16.5. The van der Waals surface area contributed by atoms with Crippen molar-refractivity contribution in [2.24, 2.45) is 0 Å². The molecule has 0 aromatic heterocycles. The van der Waals surface area contributed by atoms with Crippen molar-refractivity contribution in [2.45, 2.75) is 19.4 Å². The van der Waals surface area contributed by atoms with Crippen LogP contribution in [0.25, 0.3) is 0 Å². The zero-order chi connectivity index (χ0) is 15.0. The molecule has 1 atom stereocenters. The zero-order valence-corrected chi connectivity index (χ0v) is 13.0. The van der Waals surface area contributed by atoms with Crippen LogP contribution >= 0.6 is 23.2 Å². The molecule has 0 saturated heterocycles. The summed E-state index contributed by atoms with van der Waals surface area (Å²) < 4.78 is 5.97. The lowest BCUT2D eigenvalue weighted by atomic mass is 9.83. The third-order valence-corrected chi connectivity index (χ3v) is 4.25. The largest absolute Gasteiger partial charge is 0.369 e. The second-order valence-electron chi connectivity index (χ2n) is 4.99. The molecule has 0 bridgehead atoms. The molecule has 0 fully saturated rings. The Balaban J connectivity index is 2.24. The van der Waals surface area contributed by atoms with Crippen LogP contribution in [0, 0.1) is 0 Å². The van der Waals surface area contributed by atoms with Gasteiger partial charge in [0.05, 0.1) is 5.02 Å². The molecule has 1 unspecified atom stereocenters. The molecule has 4 heteroatoms. The number of hydrogen-bond donors (Lipinski definition) is 0. The molecule has 0 N–H and O–H groups in total. The summed E-state index contributed by atoms with van der Waals surface area (Å²) >= 11 is 12.6. The molecule has 1 aliphatic rings. The smallest absolute Gasteiger partial charge is 0.195 e. The first kappa shape index (κ1) is 14.6. The molecule has 21 heavy (non-hydrogen) atoms. The number of benzene rings is 2. The van der Waals surface area contributed by atoms with Crippen LogP contribution in [0.1, 0.15) is 46.5 Å². The van der Waals surface area contributed by atoms with E-state index in [1.54, 1.807) is 24.3 Å². The quantitative estimate of drug-likeness (QED) is 0.790. The van der Waals surface area contributed by atoms with Gasteiger partial charge in [0.2, 0.25) is 0 Å². The number of hydrogen-bond acceptors (Lipinski definition) is 2. The minimum absolute atomic E-state index is 0.0931. The fourth-order valence-corrected chi connectivity index (χ4v) is 3.24. The zero-order valence-electron chi connectivity index (χ0n) is 11.5. The third-order valence-electron chi connectivity index (χ3n) is 3.60. The summed E-state index contributed by atoms with van der Waals surface area (Å²) in [7, 11) is 0. The van der Waals surface area contributed by atoms with E-state index in [1.165, 1.54) is 0 Å². The predicted molar refractivity (Wildman–Crippen MR) is 84.4 cm³/mol. The van der Waals surface area contributed by atoms with Gasteiger partial charge in [0.15, 0.2) is 5.78 Å². The molecule has 0 aliphatic heterocycles. The van der Waals surface area contributed by atoms with Crippen molar-refractivity contribution >= 4 is 29.0 Å². The molecular formula is C17H14Cl2O2. The van der Waals surface area contributed by atoms with Gasteiger partial charge in [-0.25, -0.2) is 0 Å². The molecule has 2 nitrogen and oxygen atoms in total. The maximum atomic E-state index is 12.7. The Bertz CT molecular complexity index is 710. The van der Waals surface area contributed by atoms with Gasteiger partial charge >= 0.3 is 0 Å². The number of carbonyl (C=O) groups excluding carboxylic acids is 1. The van der Waals surface area contributed by atoms with Crippen LogP contribution in [0.4, 0.5) is 0 Å². The van der Waals surface area contributed by atoms with Gasteiger partial charge in [-0.15, -0.1) is 0 Å². The Morgan fingerprint density at radius 2 is 1.81 bits per heavy atom. The maximum absolute atomic E-state index is 12.7. The predicted octanol–water partition coefficient (Wildman–Crippen LogP) is 5.05. The van der Waals surface area contributed by atoms with Crippen LogP contribution in [0.15, 0.2) is 36.4 Å². The Morgan fingerprint density at radius 3 is 2.57 bits per heavy atom. The fourth-order valence-electron chi connectivity index (χ4n) is 2.70. The monoisotopic (exact) mass is 320 g/mol. The molecule has 0 saturated carbocycles. The molecule has 0 radical (unpaired) electrons. The van der Waals surface area contributed by atoms with E-state index in [4.69, 9.17) is 27.9 Å². The second kappa shape index (κ2) is 5.80. The summed E-state index contributed by atoms with van der Waals surface area (Å²) in [5.74, 6) is -0.0931. The Hall–Kier alpha value is -1.35. The fraction of sp³-hybridized carbons (Fsp3) is 0.235. The van der Waals surface area contributed by atoms with E-state index in [0.717, 1.165) is 17.5 Å². The summed E-state index contributed by atoms with van der Waals surface area (Å²) in [6.07, 6.45) is 0.542. The standard InChI is InChI=1S/C17H14Cl2O2/c1-2-9-21-17-11-6-4-7-12(18)14(11)16(20)10-5-3-8-13(19)15(10)17/h3-8,17H,2,9H2,1H3. The van der Waals surface area contributed by atoms with Gasteiger partial charge in [0, 0.05) is 28.3 Å². The maximum Gasteiger partial charge on any atom is 0.195 e. The molecule has 3 rings (SSSR count). The van der Waals surface area contributed by atoms with Gasteiger partial charge in [-0.1, -0.05) is 54.4 Å². The van der Waals surface area contributed by atoms with E-state index >= 15 is 0 Å². The van der Waals surface area contributed by atoms with E-state index in [1.807, 2.05) is 19.1 Å². The number of carbonyl (C=O) groups is 1. The SMILES string of the molecule is CCCOC1c2cccc(Cl)c2C(=O)c2cccc(Cl)c21. The molecule has 0 spiro atoms. The van der Waals surface area contributed by atoms with Crippen molar-refractivity contribution in [1.29, 1.82) is 0 Å². The van der Waals surface area contributed by atoms with Crippen LogP contribution in [0.2, 0.25) is 10.0 Å². The van der Waals surface area contributed by atoms with E-state index in [2.05, 4.69) is 0 Å². The summed E-state index contributed by atoms with van der Waals surface area (Å²) in [5, 5.41) is 1.00. The van der Waals surface area contributed by atoms with Crippen LogP contribution in [-0.4, -0.2) is 12.4 Å². The second-order valence-corrected chi connectivity index (χ2v) is 5.80. The highest BCUT2D eigenvalue weighted by Crippen LogP contribution is 2.42. The molecule has 2 aromatic carbocycles. The minimum atomic E-state index is -0.347. The van der Waals surface area contributed by atoms with Gasteiger partial charge in [0.25, 0.3) is 0 Å². The highest BCUT2D eigenvalue weighted by atomic mass is 35.5. The number of halogens is 2. The van der Waals surface area contributed by atoms with E-state index < -0.39 is 0 Å². The molecule has 2 aromatic rings. The van der Waals surface area contributed by atoms with Gasteiger partial charge in [0.1, 0.15) is 6.10 Å². The van der Waals surface area contributed by atoms with Crippen molar-refractivity contribution in [2.75, 3.05) is 6.61 Å². The number of fused-ring (bicyclic) bond motifs is 2. The van der Waals surface area contributed by atoms with Gasteiger partial charge < -0.3 is 4.74 Å². The summed E-state index contributed by atoms with van der Waals surface area (Å²) in [5.41, 5.74) is 2.63. The average Bonchev–Trinajstić information content (AvgIpc) is 2.48. The van der Waals surface area contributed by atoms with Crippen molar-refractivity contribution in [3.8, 4) is 0 Å². The lowest BCUT2D eigenvalue weighted by Crippen LogP contribution is -2.22. The average molecular weight is 321 g/mol. The Kier molecular flexibility index (Phi) is 4.03. The van der Waals surface area contributed by atoms with Crippen LogP contribution in [0.3, 0.4) is 0 Å². The molecule has 1 aliphatic carbocycles. The van der Waals surface area contributed by atoms with Crippen molar-refractivity contribution < 1.29 is 9.53 Å². The topological polar surface area (TPSA) is 26.3 Å². The van der Waals surface area contributed by atoms with Gasteiger partial charge in [-0.05, 0) is 24.1 Å². The van der Waals surface area contributed by atoms with Crippen LogP contribution in [0.5, 0.6) is 0 Å². The number of ketones is 1. The van der Waals surface area contributed by atoms with Crippen LogP contribution in [-0.2, 0) is 4.74 Å². The molecule has 0 heterocycles. The summed E-state index contributed by atoms with van der Waals surface area (Å²) in [6.45, 7) is 2.63. The third kappa shape index (κ3) is 2.38.